The molecule has 0 aliphatic heterocycles. The number of carboxylic acids is 1. The Morgan fingerprint density at radius 2 is 2.00 bits per heavy atom. The van der Waals surface area contributed by atoms with Gasteiger partial charge in [0.05, 0.1) is 5.56 Å². The van der Waals surface area contributed by atoms with Crippen molar-refractivity contribution < 1.29 is 19.5 Å². The molecule has 3 N–H and O–H groups in total. The first-order chi connectivity index (χ1) is 9.97. The largest absolute Gasteiger partial charge is 0.478 e. The van der Waals surface area contributed by atoms with E-state index in [1.54, 1.807) is 19.1 Å². The number of hydrogen-bond donors (Lipinski definition) is 3. The van der Waals surface area contributed by atoms with Gasteiger partial charge in [-0.2, -0.15) is 0 Å². The number of urea groups is 1. The van der Waals surface area contributed by atoms with Gasteiger partial charge in [0, 0.05) is 20.1 Å². The van der Waals surface area contributed by atoms with Crippen molar-refractivity contribution >= 4 is 17.9 Å². The zero-order valence-electron chi connectivity index (χ0n) is 12.0. The Balaban J connectivity index is 2.60. The van der Waals surface area contributed by atoms with Crippen LogP contribution in [-0.4, -0.2) is 48.1 Å². The van der Waals surface area contributed by atoms with Gasteiger partial charge in [0.1, 0.15) is 6.54 Å². The van der Waals surface area contributed by atoms with Crippen LogP contribution in [0.5, 0.6) is 0 Å². The minimum Gasteiger partial charge on any atom is -0.478 e. The second-order valence-corrected chi connectivity index (χ2v) is 4.35. The number of carbonyl (C=O) groups is 3. The van der Waals surface area contributed by atoms with E-state index in [4.69, 9.17) is 5.11 Å². The molecule has 0 aromatic heterocycles. The number of amides is 3. The summed E-state index contributed by atoms with van der Waals surface area (Å²) in [7, 11) is 1.51. The molecule has 0 saturated heterocycles. The van der Waals surface area contributed by atoms with Gasteiger partial charge < -0.3 is 20.6 Å². The van der Waals surface area contributed by atoms with Crippen LogP contribution in [0.3, 0.4) is 0 Å². The van der Waals surface area contributed by atoms with Crippen molar-refractivity contribution in [3.8, 4) is 0 Å². The van der Waals surface area contributed by atoms with E-state index in [9.17, 15) is 14.4 Å². The number of benzene rings is 1. The molecule has 7 heteroatoms. The summed E-state index contributed by atoms with van der Waals surface area (Å²) in [6.07, 6.45) is 0. The summed E-state index contributed by atoms with van der Waals surface area (Å²) in [5.41, 5.74) is 0.846. The van der Waals surface area contributed by atoms with E-state index in [0.29, 0.717) is 12.1 Å². The molecule has 0 spiro atoms. The van der Waals surface area contributed by atoms with E-state index in [2.05, 4.69) is 10.6 Å². The first kappa shape index (κ1) is 16.5. The monoisotopic (exact) mass is 293 g/mol. The number of nitrogens with one attached hydrogen (secondary N) is 2. The lowest BCUT2D eigenvalue weighted by atomic mass is 10.1. The molecule has 114 valence electrons. The van der Waals surface area contributed by atoms with Gasteiger partial charge in [-0.25, -0.2) is 9.59 Å². The first-order valence-corrected chi connectivity index (χ1v) is 6.53. The van der Waals surface area contributed by atoms with Gasteiger partial charge in [-0.15, -0.1) is 0 Å². The lowest BCUT2D eigenvalue weighted by molar-refractivity contribution is -0.121. The lowest BCUT2D eigenvalue weighted by Gasteiger charge is -2.20. The van der Waals surface area contributed by atoms with Crippen LogP contribution in [0.4, 0.5) is 4.79 Å². The third-order valence-corrected chi connectivity index (χ3v) is 2.90. The highest BCUT2D eigenvalue weighted by molar-refractivity contribution is 5.87. The minimum absolute atomic E-state index is 0.0198. The fourth-order valence-corrected chi connectivity index (χ4v) is 1.68. The molecule has 0 aliphatic rings. The highest BCUT2D eigenvalue weighted by atomic mass is 16.4. The van der Waals surface area contributed by atoms with Gasteiger partial charge in [-0.05, 0) is 24.6 Å². The highest BCUT2D eigenvalue weighted by Gasteiger charge is 2.14. The normalized spacial score (nSPS) is 9.81. The summed E-state index contributed by atoms with van der Waals surface area (Å²) in [6, 6.07) is 5.95. The molecule has 0 heterocycles. The fourth-order valence-electron chi connectivity index (χ4n) is 1.68. The van der Waals surface area contributed by atoms with Crippen molar-refractivity contribution in [3.05, 3.63) is 35.4 Å². The summed E-state index contributed by atoms with van der Waals surface area (Å²) < 4.78 is 0. The Bertz CT molecular complexity index is 531. The first-order valence-electron chi connectivity index (χ1n) is 6.53. The van der Waals surface area contributed by atoms with Crippen LogP contribution in [0.2, 0.25) is 0 Å². The molecule has 0 radical (unpaired) electrons. The van der Waals surface area contributed by atoms with Crippen molar-refractivity contribution in [3.63, 3.8) is 0 Å². The average molecular weight is 293 g/mol. The quantitative estimate of drug-likeness (QED) is 0.717. The third kappa shape index (κ3) is 5.13. The van der Waals surface area contributed by atoms with Crippen LogP contribution >= 0.6 is 0 Å². The minimum atomic E-state index is -1.02. The predicted molar refractivity (Wildman–Crippen MR) is 77.0 cm³/mol. The van der Waals surface area contributed by atoms with E-state index < -0.39 is 5.97 Å². The number of nitrogens with zero attached hydrogens (tertiary/aromatic N) is 1. The lowest BCUT2D eigenvalue weighted by Crippen LogP contribution is -2.44. The van der Waals surface area contributed by atoms with E-state index in [1.165, 1.54) is 24.1 Å². The molecule has 0 saturated carbocycles. The Morgan fingerprint density at radius 1 is 1.29 bits per heavy atom. The zero-order valence-corrected chi connectivity index (χ0v) is 12.0. The summed E-state index contributed by atoms with van der Waals surface area (Å²) in [6.45, 7) is 2.35. The van der Waals surface area contributed by atoms with E-state index in [1.807, 2.05) is 0 Å². The highest BCUT2D eigenvalue weighted by Crippen LogP contribution is 2.05. The number of aromatic carboxylic acids is 1. The van der Waals surface area contributed by atoms with Crippen LogP contribution in [0.25, 0.3) is 0 Å². The van der Waals surface area contributed by atoms with Gasteiger partial charge in [0.2, 0.25) is 5.91 Å². The van der Waals surface area contributed by atoms with Gasteiger partial charge in [-0.1, -0.05) is 12.1 Å². The van der Waals surface area contributed by atoms with Gasteiger partial charge in [0.15, 0.2) is 0 Å². The van der Waals surface area contributed by atoms with Crippen molar-refractivity contribution in [2.24, 2.45) is 0 Å². The maximum absolute atomic E-state index is 11.9. The van der Waals surface area contributed by atoms with Gasteiger partial charge in [-0.3, -0.25) is 4.79 Å². The second-order valence-electron chi connectivity index (χ2n) is 4.35. The molecule has 3 amide bonds. The van der Waals surface area contributed by atoms with E-state index >= 15 is 0 Å². The summed E-state index contributed by atoms with van der Waals surface area (Å²) in [4.78, 5) is 35.4. The molecule has 0 aliphatic carbocycles. The number of likely N-dealkylation sites (N-methyl/N-ethyl adjacent to an activating group) is 2. The molecule has 0 fully saturated rings. The van der Waals surface area contributed by atoms with Gasteiger partial charge >= 0.3 is 12.0 Å². The van der Waals surface area contributed by atoms with Crippen molar-refractivity contribution in [1.29, 1.82) is 0 Å². The van der Waals surface area contributed by atoms with E-state index in [-0.39, 0.29) is 30.6 Å². The third-order valence-electron chi connectivity index (χ3n) is 2.90. The predicted octanol–water partition coefficient (Wildman–Crippen LogP) is 0.662. The SMILES string of the molecule is CCN(CC(=O)NC)C(=O)NCc1cccc(C(=O)O)c1. The van der Waals surface area contributed by atoms with Crippen molar-refractivity contribution in [1.82, 2.24) is 15.5 Å². The number of carbonyl (C=O) groups excluding carboxylic acids is 2. The Labute approximate surface area is 122 Å². The Hall–Kier alpha value is -2.57. The summed E-state index contributed by atoms with van der Waals surface area (Å²) in [5.74, 6) is -1.27. The molecule has 0 atom stereocenters. The van der Waals surface area contributed by atoms with Crippen LogP contribution < -0.4 is 10.6 Å². The molecular weight excluding hydrogens is 274 g/mol. The van der Waals surface area contributed by atoms with Crippen LogP contribution in [0, 0.1) is 0 Å². The van der Waals surface area contributed by atoms with Crippen molar-refractivity contribution in [2.75, 3.05) is 20.1 Å². The smallest absolute Gasteiger partial charge is 0.335 e. The Kier molecular flexibility index (Phi) is 6.19. The fraction of sp³-hybridized carbons (Fsp3) is 0.357. The number of rotatable bonds is 6. The molecule has 0 bridgehead atoms. The van der Waals surface area contributed by atoms with Crippen LogP contribution in [0.15, 0.2) is 24.3 Å². The molecule has 1 rings (SSSR count). The molecule has 7 nitrogen and oxygen atoms in total. The Morgan fingerprint density at radius 3 is 2.57 bits per heavy atom. The van der Waals surface area contributed by atoms with Crippen LogP contribution in [-0.2, 0) is 11.3 Å². The maximum atomic E-state index is 11.9. The molecule has 1 aromatic carbocycles. The summed E-state index contributed by atoms with van der Waals surface area (Å²) >= 11 is 0. The molecule has 1 aromatic rings. The zero-order chi connectivity index (χ0) is 15.8. The number of hydrogen-bond acceptors (Lipinski definition) is 3. The maximum Gasteiger partial charge on any atom is 0.335 e. The molecular formula is C14H19N3O4. The van der Waals surface area contributed by atoms with Crippen LogP contribution in [0.1, 0.15) is 22.8 Å². The average Bonchev–Trinajstić information content (AvgIpc) is 2.50. The van der Waals surface area contributed by atoms with Gasteiger partial charge in [0.25, 0.3) is 0 Å². The molecule has 21 heavy (non-hydrogen) atoms. The topological polar surface area (TPSA) is 98.7 Å². The van der Waals surface area contributed by atoms with E-state index in [0.717, 1.165) is 0 Å². The number of carboxylic acid groups (broad SMARTS) is 1. The second kappa shape index (κ2) is 7.88. The van der Waals surface area contributed by atoms with Crippen molar-refractivity contribution in [2.45, 2.75) is 13.5 Å². The molecule has 0 unspecified atom stereocenters. The standard InChI is InChI=1S/C14H19N3O4/c1-3-17(9-12(18)15-2)14(21)16-8-10-5-4-6-11(7-10)13(19)20/h4-7H,3,8-9H2,1-2H3,(H,15,18)(H,16,21)(H,19,20). The summed E-state index contributed by atoms with van der Waals surface area (Å²) in [5, 5.41) is 14.0.